The molecule has 1 saturated heterocycles. The zero-order chi connectivity index (χ0) is 20.8. The van der Waals surface area contributed by atoms with E-state index in [4.69, 9.17) is 0 Å². The molecule has 154 valence electrons. The van der Waals surface area contributed by atoms with Crippen LogP contribution >= 0.6 is 0 Å². The predicted molar refractivity (Wildman–Crippen MR) is 114 cm³/mol. The molecule has 1 heterocycles. The third-order valence-electron chi connectivity index (χ3n) is 5.06. The van der Waals surface area contributed by atoms with Crippen molar-refractivity contribution in [3.63, 3.8) is 0 Å². The quantitative estimate of drug-likeness (QED) is 0.726. The van der Waals surface area contributed by atoms with Crippen LogP contribution in [0.5, 0.6) is 5.75 Å². The van der Waals surface area contributed by atoms with Crippen molar-refractivity contribution in [2.24, 2.45) is 5.92 Å². The Morgan fingerprint density at radius 3 is 2.14 bits per heavy atom. The summed E-state index contributed by atoms with van der Waals surface area (Å²) in [5.74, 6) is 0.148. The molecule has 1 atom stereocenters. The Labute approximate surface area is 171 Å². The van der Waals surface area contributed by atoms with E-state index in [0.29, 0.717) is 31.9 Å². The van der Waals surface area contributed by atoms with E-state index >= 15 is 0 Å². The van der Waals surface area contributed by atoms with Crippen molar-refractivity contribution >= 4 is 23.3 Å². The molecule has 7 nitrogen and oxygen atoms in total. The minimum Gasteiger partial charge on any atom is -0.508 e. The summed E-state index contributed by atoms with van der Waals surface area (Å²) in [5.41, 5.74) is 1.71. The van der Waals surface area contributed by atoms with Gasteiger partial charge in [-0.05, 0) is 42.3 Å². The van der Waals surface area contributed by atoms with Gasteiger partial charge in [-0.1, -0.05) is 32.0 Å². The Kier molecular flexibility index (Phi) is 6.59. The molecule has 7 heteroatoms. The fraction of sp³-hybridized carbons (Fsp3) is 0.364. The standard InChI is InChI=1S/C22H28N4O3/c1-16(2)20(24-22(29)23-17-6-4-3-5-7-17)21(28)26-14-12-25(13-15-26)18-8-10-19(27)11-9-18/h3-11,16,20,27H,12-15H2,1-2H3,(H2,23,24,29). The molecule has 1 aliphatic heterocycles. The number of carbonyl (C=O) groups excluding carboxylic acids is 2. The largest absolute Gasteiger partial charge is 0.508 e. The molecule has 1 unspecified atom stereocenters. The Bertz CT molecular complexity index is 816. The summed E-state index contributed by atoms with van der Waals surface area (Å²) >= 11 is 0. The average molecular weight is 396 g/mol. The number of amides is 3. The van der Waals surface area contributed by atoms with Gasteiger partial charge in [-0.2, -0.15) is 0 Å². The van der Waals surface area contributed by atoms with Crippen LogP contribution in [0.2, 0.25) is 0 Å². The van der Waals surface area contributed by atoms with Gasteiger partial charge in [0, 0.05) is 37.6 Å². The van der Waals surface area contributed by atoms with Gasteiger partial charge < -0.3 is 25.5 Å². The summed E-state index contributed by atoms with van der Waals surface area (Å²) in [6.07, 6.45) is 0. The summed E-state index contributed by atoms with van der Waals surface area (Å²) < 4.78 is 0. The van der Waals surface area contributed by atoms with Gasteiger partial charge in [0.15, 0.2) is 0 Å². The molecule has 3 N–H and O–H groups in total. The molecule has 3 rings (SSSR count). The van der Waals surface area contributed by atoms with Crippen LogP contribution < -0.4 is 15.5 Å². The Hall–Kier alpha value is -3.22. The number of phenolic OH excluding ortho intramolecular Hbond substituents is 1. The van der Waals surface area contributed by atoms with E-state index in [1.54, 1.807) is 24.3 Å². The summed E-state index contributed by atoms with van der Waals surface area (Å²) in [6.45, 7) is 6.45. The molecule has 0 aliphatic carbocycles. The number of hydrogen-bond acceptors (Lipinski definition) is 4. The normalized spacial score (nSPS) is 15.1. The van der Waals surface area contributed by atoms with E-state index < -0.39 is 6.04 Å². The maximum Gasteiger partial charge on any atom is 0.319 e. The maximum atomic E-state index is 13.0. The Morgan fingerprint density at radius 1 is 0.931 bits per heavy atom. The lowest BCUT2D eigenvalue weighted by Gasteiger charge is -2.38. The summed E-state index contributed by atoms with van der Waals surface area (Å²) in [4.78, 5) is 29.4. The zero-order valence-corrected chi connectivity index (χ0v) is 16.8. The molecule has 29 heavy (non-hydrogen) atoms. The van der Waals surface area contributed by atoms with Crippen LogP contribution in [0.25, 0.3) is 0 Å². The second-order valence-corrected chi connectivity index (χ2v) is 7.51. The number of aromatic hydroxyl groups is 1. The van der Waals surface area contributed by atoms with Crippen LogP contribution in [0.15, 0.2) is 54.6 Å². The van der Waals surface area contributed by atoms with Gasteiger partial charge in [-0.3, -0.25) is 4.79 Å². The van der Waals surface area contributed by atoms with Gasteiger partial charge in [0.2, 0.25) is 5.91 Å². The van der Waals surface area contributed by atoms with Gasteiger partial charge in [0.25, 0.3) is 0 Å². The van der Waals surface area contributed by atoms with Gasteiger partial charge in [0.05, 0.1) is 0 Å². The smallest absolute Gasteiger partial charge is 0.319 e. The number of nitrogens with one attached hydrogen (secondary N) is 2. The lowest BCUT2D eigenvalue weighted by Crippen LogP contribution is -2.57. The number of hydrogen-bond donors (Lipinski definition) is 3. The second-order valence-electron chi connectivity index (χ2n) is 7.51. The highest BCUT2D eigenvalue weighted by molar-refractivity contribution is 5.93. The number of nitrogens with zero attached hydrogens (tertiary/aromatic N) is 2. The maximum absolute atomic E-state index is 13.0. The molecule has 1 fully saturated rings. The van der Waals surface area contributed by atoms with Crippen molar-refractivity contribution in [2.45, 2.75) is 19.9 Å². The number of benzene rings is 2. The molecule has 0 bridgehead atoms. The van der Waals surface area contributed by atoms with Gasteiger partial charge in [-0.15, -0.1) is 0 Å². The highest BCUT2D eigenvalue weighted by atomic mass is 16.3. The van der Waals surface area contributed by atoms with Gasteiger partial charge >= 0.3 is 6.03 Å². The first-order valence-corrected chi connectivity index (χ1v) is 9.89. The third kappa shape index (κ3) is 5.40. The number of urea groups is 1. The van der Waals surface area contributed by atoms with E-state index in [2.05, 4.69) is 15.5 Å². The van der Waals surface area contributed by atoms with Gasteiger partial charge in [0.1, 0.15) is 11.8 Å². The van der Waals surface area contributed by atoms with Crippen LogP contribution in [-0.4, -0.2) is 54.2 Å². The molecule has 1 aliphatic rings. The number of rotatable bonds is 5. The van der Waals surface area contributed by atoms with Crippen LogP contribution in [0.1, 0.15) is 13.8 Å². The van der Waals surface area contributed by atoms with E-state index in [0.717, 1.165) is 5.69 Å². The molecule has 3 amide bonds. The topological polar surface area (TPSA) is 84.9 Å². The van der Waals surface area contributed by atoms with Crippen molar-refractivity contribution in [3.05, 3.63) is 54.6 Å². The highest BCUT2D eigenvalue weighted by Crippen LogP contribution is 2.20. The van der Waals surface area contributed by atoms with Crippen molar-refractivity contribution in [2.75, 3.05) is 36.4 Å². The molecular weight excluding hydrogens is 368 g/mol. The minimum atomic E-state index is -0.584. The van der Waals surface area contributed by atoms with E-state index in [-0.39, 0.29) is 23.6 Å². The zero-order valence-electron chi connectivity index (χ0n) is 16.8. The number of phenols is 1. The molecule has 0 radical (unpaired) electrons. The summed E-state index contributed by atoms with van der Waals surface area (Å²) in [5, 5.41) is 15.0. The fourth-order valence-electron chi connectivity index (χ4n) is 3.39. The second kappa shape index (κ2) is 9.32. The van der Waals surface area contributed by atoms with E-state index in [1.165, 1.54) is 0 Å². The van der Waals surface area contributed by atoms with Crippen LogP contribution in [0, 0.1) is 5.92 Å². The predicted octanol–water partition coefficient (Wildman–Crippen LogP) is 2.89. The van der Waals surface area contributed by atoms with Crippen LogP contribution in [0.3, 0.4) is 0 Å². The number of piperazine rings is 1. The average Bonchev–Trinajstić information content (AvgIpc) is 2.73. The van der Waals surface area contributed by atoms with Gasteiger partial charge in [-0.25, -0.2) is 4.79 Å². The monoisotopic (exact) mass is 396 g/mol. The Balaban J connectivity index is 1.56. The minimum absolute atomic E-state index is 0.0286. The van der Waals surface area contributed by atoms with Crippen LogP contribution in [0.4, 0.5) is 16.2 Å². The molecule has 2 aromatic rings. The molecule has 2 aromatic carbocycles. The Morgan fingerprint density at radius 2 is 1.55 bits per heavy atom. The lowest BCUT2D eigenvalue weighted by molar-refractivity contribution is -0.134. The first-order valence-electron chi connectivity index (χ1n) is 9.89. The van der Waals surface area contributed by atoms with Crippen molar-refractivity contribution in [3.8, 4) is 5.75 Å². The van der Waals surface area contributed by atoms with E-state index in [9.17, 15) is 14.7 Å². The van der Waals surface area contributed by atoms with Crippen molar-refractivity contribution in [1.29, 1.82) is 0 Å². The first kappa shape index (κ1) is 20.5. The van der Waals surface area contributed by atoms with Crippen molar-refractivity contribution < 1.29 is 14.7 Å². The number of anilines is 2. The highest BCUT2D eigenvalue weighted by Gasteiger charge is 2.30. The number of carbonyl (C=O) groups is 2. The van der Waals surface area contributed by atoms with E-state index in [1.807, 2.05) is 49.1 Å². The lowest BCUT2D eigenvalue weighted by atomic mass is 10.0. The first-order chi connectivity index (χ1) is 13.9. The fourth-order valence-corrected chi connectivity index (χ4v) is 3.39. The number of para-hydroxylation sites is 1. The van der Waals surface area contributed by atoms with Crippen LogP contribution in [-0.2, 0) is 4.79 Å². The summed E-state index contributed by atoms with van der Waals surface area (Å²) in [7, 11) is 0. The molecule has 0 saturated carbocycles. The molecule has 0 spiro atoms. The molecular formula is C22H28N4O3. The SMILES string of the molecule is CC(C)C(NC(=O)Nc1ccccc1)C(=O)N1CCN(c2ccc(O)cc2)CC1. The molecule has 0 aromatic heterocycles. The van der Waals surface area contributed by atoms with Crippen molar-refractivity contribution in [1.82, 2.24) is 10.2 Å². The summed E-state index contributed by atoms with van der Waals surface area (Å²) in [6, 6.07) is 15.3. The third-order valence-corrected chi connectivity index (χ3v) is 5.06.